The number of nitrogens with zero attached hydrogens (tertiary/aromatic N) is 2. The molecule has 0 unspecified atom stereocenters. The zero-order valence-corrected chi connectivity index (χ0v) is 15.5. The predicted octanol–water partition coefficient (Wildman–Crippen LogP) is 0.341. The topological polar surface area (TPSA) is 100 Å². The summed E-state index contributed by atoms with van der Waals surface area (Å²) in [5, 5.41) is 5.35. The summed E-state index contributed by atoms with van der Waals surface area (Å²) in [7, 11) is 3.08. The number of urea groups is 1. The number of hydrogen-bond donors (Lipinski definition) is 2. The molecule has 27 heavy (non-hydrogen) atoms. The zero-order chi connectivity index (χ0) is 19.4. The summed E-state index contributed by atoms with van der Waals surface area (Å²) in [6, 6.07) is 5.17. The van der Waals surface area contributed by atoms with Crippen molar-refractivity contribution < 1.29 is 23.9 Å². The minimum atomic E-state index is -0.367. The number of carbonyl (C=O) groups excluding carboxylic acids is 3. The molecule has 1 aromatic rings. The van der Waals surface area contributed by atoms with Crippen molar-refractivity contribution in [2.45, 2.75) is 18.9 Å². The number of ether oxygens (including phenoxy) is 2. The van der Waals surface area contributed by atoms with Gasteiger partial charge in [0, 0.05) is 25.2 Å². The van der Waals surface area contributed by atoms with E-state index < -0.39 is 0 Å². The van der Waals surface area contributed by atoms with Crippen LogP contribution in [0.5, 0.6) is 11.5 Å². The van der Waals surface area contributed by atoms with Gasteiger partial charge in [-0.3, -0.25) is 14.5 Å². The Labute approximate surface area is 157 Å². The zero-order valence-electron chi connectivity index (χ0n) is 15.5. The molecule has 0 spiro atoms. The van der Waals surface area contributed by atoms with Crippen LogP contribution < -0.4 is 25.0 Å². The van der Waals surface area contributed by atoms with E-state index in [1.165, 1.54) is 12.0 Å². The van der Waals surface area contributed by atoms with Gasteiger partial charge in [0.25, 0.3) is 0 Å². The van der Waals surface area contributed by atoms with Crippen molar-refractivity contribution in [1.82, 2.24) is 15.5 Å². The van der Waals surface area contributed by atoms with E-state index in [2.05, 4.69) is 10.6 Å². The standard InChI is InChI=1S/C18H24N4O5/c1-26-13-5-6-15(27-2)14(9-13)22-8-7-21(18(22)25)11-17(24)19-10-16(23)20-12-3-4-12/h5-6,9,12H,3-4,7-8,10-11H2,1-2H3,(H,19,24)(H,20,23). The number of benzene rings is 1. The number of hydrogen-bond acceptors (Lipinski definition) is 5. The van der Waals surface area contributed by atoms with Crippen LogP contribution in [0.1, 0.15) is 12.8 Å². The first-order chi connectivity index (χ1) is 13.0. The molecule has 0 radical (unpaired) electrons. The van der Waals surface area contributed by atoms with E-state index in [0.29, 0.717) is 30.3 Å². The van der Waals surface area contributed by atoms with Crippen molar-refractivity contribution in [3.8, 4) is 11.5 Å². The van der Waals surface area contributed by atoms with Gasteiger partial charge in [0.15, 0.2) is 0 Å². The maximum atomic E-state index is 12.7. The van der Waals surface area contributed by atoms with E-state index in [1.54, 1.807) is 30.2 Å². The van der Waals surface area contributed by atoms with Crippen LogP contribution in [0.2, 0.25) is 0 Å². The molecular formula is C18H24N4O5. The SMILES string of the molecule is COc1ccc(OC)c(N2CCN(CC(=O)NCC(=O)NC3CC3)C2=O)c1. The second-order valence-electron chi connectivity index (χ2n) is 6.51. The smallest absolute Gasteiger partial charge is 0.325 e. The summed E-state index contributed by atoms with van der Waals surface area (Å²) in [6.45, 7) is 0.655. The van der Waals surface area contributed by atoms with Crippen LogP contribution in [-0.2, 0) is 9.59 Å². The minimum absolute atomic E-state index is 0.0786. The third kappa shape index (κ3) is 4.60. The van der Waals surface area contributed by atoms with Gasteiger partial charge < -0.3 is 25.0 Å². The molecule has 9 nitrogen and oxygen atoms in total. The van der Waals surface area contributed by atoms with Gasteiger partial charge in [0.1, 0.15) is 18.0 Å². The summed E-state index contributed by atoms with van der Waals surface area (Å²) in [6.07, 6.45) is 1.98. The number of nitrogens with one attached hydrogen (secondary N) is 2. The molecule has 2 N–H and O–H groups in total. The molecule has 0 bridgehead atoms. The molecular weight excluding hydrogens is 352 g/mol. The van der Waals surface area contributed by atoms with Crippen molar-refractivity contribution in [2.24, 2.45) is 0 Å². The maximum absolute atomic E-state index is 12.7. The predicted molar refractivity (Wildman–Crippen MR) is 98.0 cm³/mol. The molecule has 1 saturated heterocycles. The fourth-order valence-corrected chi connectivity index (χ4v) is 2.88. The fourth-order valence-electron chi connectivity index (χ4n) is 2.88. The van der Waals surface area contributed by atoms with Crippen LogP contribution >= 0.6 is 0 Å². The molecule has 9 heteroatoms. The number of amides is 4. The Morgan fingerprint density at radius 2 is 1.93 bits per heavy atom. The van der Waals surface area contributed by atoms with Crippen LogP contribution in [0.25, 0.3) is 0 Å². The van der Waals surface area contributed by atoms with Crippen molar-refractivity contribution >= 4 is 23.5 Å². The Hall–Kier alpha value is -2.97. The van der Waals surface area contributed by atoms with Crippen molar-refractivity contribution in [2.75, 3.05) is 45.3 Å². The Morgan fingerprint density at radius 1 is 1.15 bits per heavy atom. The Morgan fingerprint density at radius 3 is 2.59 bits per heavy atom. The molecule has 3 rings (SSSR count). The Bertz CT molecular complexity index is 734. The lowest BCUT2D eigenvalue weighted by molar-refractivity contribution is -0.126. The molecule has 4 amide bonds. The number of anilines is 1. The number of rotatable bonds is 8. The lowest BCUT2D eigenvalue weighted by Crippen LogP contribution is -2.43. The van der Waals surface area contributed by atoms with Crippen molar-refractivity contribution in [3.05, 3.63) is 18.2 Å². The third-order valence-corrected chi connectivity index (χ3v) is 4.49. The van der Waals surface area contributed by atoms with Gasteiger partial charge >= 0.3 is 6.03 Å². The molecule has 1 aliphatic heterocycles. The van der Waals surface area contributed by atoms with Gasteiger partial charge in [0.2, 0.25) is 11.8 Å². The monoisotopic (exact) mass is 376 g/mol. The second-order valence-corrected chi connectivity index (χ2v) is 6.51. The van der Waals surface area contributed by atoms with Crippen LogP contribution in [0.15, 0.2) is 18.2 Å². The quantitative estimate of drug-likeness (QED) is 0.682. The summed E-state index contributed by atoms with van der Waals surface area (Å²) in [5.41, 5.74) is 0.591. The van der Waals surface area contributed by atoms with Crippen LogP contribution in [0.4, 0.5) is 10.5 Å². The van der Waals surface area contributed by atoms with E-state index in [0.717, 1.165) is 12.8 Å². The highest BCUT2D eigenvalue weighted by molar-refractivity contribution is 5.98. The van der Waals surface area contributed by atoms with Gasteiger partial charge in [0.05, 0.1) is 26.5 Å². The summed E-state index contributed by atoms with van der Waals surface area (Å²) in [4.78, 5) is 39.4. The van der Waals surface area contributed by atoms with Gasteiger partial charge in [-0.1, -0.05) is 0 Å². The third-order valence-electron chi connectivity index (χ3n) is 4.49. The normalized spacial score (nSPS) is 16.3. The molecule has 146 valence electrons. The average Bonchev–Trinajstić information content (AvgIpc) is 3.42. The van der Waals surface area contributed by atoms with E-state index in [9.17, 15) is 14.4 Å². The van der Waals surface area contributed by atoms with Gasteiger partial charge in [-0.15, -0.1) is 0 Å². The van der Waals surface area contributed by atoms with Gasteiger partial charge in [-0.25, -0.2) is 4.79 Å². The average molecular weight is 376 g/mol. The first-order valence-electron chi connectivity index (χ1n) is 8.86. The van der Waals surface area contributed by atoms with Crippen LogP contribution in [0.3, 0.4) is 0 Å². The largest absolute Gasteiger partial charge is 0.497 e. The van der Waals surface area contributed by atoms with Gasteiger partial charge in [-0.05, 0) is 25.0 Å². The Kier molecular flexibility index (Phi) is 5.68. The summed E-state index contributed by atoms with van der Waals surface area (Å²) >= 11 is 0. The van der Waals surface area contributed by atoms with E-state index >= 15 is 0 Å². The lowest BCUT2D eigenvalue weighted by atomic mass is 10.2. The molecule has 2 aliphatic rings. The Balaban J connectivity index is 1.56. The van der Waals surface area contributed by atoms with E-state index in [4.69, 9.17) is 9.47 Å². The molecule has 2 fully saturated rings. The number of methoxy groups -OCH3 is 2. The molecule has 1 heterocycles. The van der Waals surface area contributed by atoms with Crippen molar-refractivity contribution in [3.63, 3.8) is 0 Å². The highest BCUT2D eigenvalue weighted by atomic mass is 16.5. The fraction of sp³-hybridized carbons (Fsp3) is 0.500. The summed E-state index contributed by atoms with van der Waals surface area (Å²) < 4.78 is 10.5. The van der Waals surface area contributed by atoms with Crippen LogP contribution in [-0.4, -0.2) is 69.2 Å². The molecule has 1 saturated carbocycles. The molecule has 1 aromatic carbocycles. The van der Waals surface area contributed by atoms with Crippen molar-refractivity contribution in [1.29, 1.82) is 0 Å². The first kappa shape index (κ1) is 18.8. The van der Waals surface area contributed by atoms with E-state index in [-0.39, 0.29) is 37.0 Å². The second kappa shape index (κ2) is 8.15. The maximum Gasteiger partial charge on any atom is 0.325 e. The van der Waals surface area contributed by atoms with Crippen LogP contribution in [0, 0.1) is 0 Å². The highest BCUT2D eigenvalue weighted by Crippen LogP contribution is 2.34. The molecule has 1 aliphatic carbocycles. The number of carbonyl (C=O) groups is 3. The van der Waals surface area contributed by atoms with E-state index in [1.807, 2.05) is 0 Å². The molecule has 0 atom stereocenters. The molecule has 0 aromatic heterocycles. The minimum Gasteiger partial charge on any atom is -0.497 e. The first-order valence-corrected chi connectivity index (χ1v) is 8.86. The van der Waals surface area contributed by atoms with Gasteiger partial charge in [-0.2, -0.15) is 0 Å². The highest BCUT2D eigenvalue weighted by Gasteiger charge is 2.33. The lowest BCUT2D eigenvalue weighted by Gasteiger charge is -2.21. The summed E-state index contributed by atoms with van der Waals surface area (Å²) in [5.74, 6) is 0.582.